The number of carbonyl (C=O) groups is 2. The molecule has 0 saturated carbocycles. The number of hydrogen-bond acceptors (Lipinski definition) is 5. The molecule has 2 aromatic rings. The van der Waals surface area contributed by atoms with Crippen LogP contribution in [0, 0.1) is 17.8 Å². The smallest absolute Gasteiger partial charge is 0.254 e. The second kappa shape index (κ2) is 9.03. The summed E-state index contributed by atoms with van der Waals surface area (Å²) in [6, 6.07) is 12.6. The SMILES string of the molecule is CC(C)CC#Cc1ccc([C@@H]2[C@@H](CO)N3C(=O)CN(C(=O)c4ccc5c(c4)OCO5)C[C@@H]23)cc1. The summed E-state index contributed by atoms with van der Waals surface area (Å²) in [6.45, 7) is 4.72. The molecule has 2 fully saturated rings. The largest absolute Gasteiger partial charge is 0.454 e. The number of fused-ring (bicyclic) bond motifs is 2. The molecule has 2 saturated heterocycles. The summed E-state index contributed by atoms with van der Waals surface area (Å²) in [5.74, 6) is 7.66. The fourth-order valence-electron chi connectivity index (χ4n) is 5.01. The van der Waals surface area contributed by atoms with Crippen molar-refractivity contribution in [3.63, 3.8) is 0 Å². The van der Waals surface area contributed by atoms with Gasteiger partial charge in [-0.3, -0.25) is 9.59 Å². The molecule has 7 nitrogen and oxygen atoms in total. The van der Waals surface area contributed by atoms with E-state index >= 15 is 0 Å². The van der Waals surface area contributed by atoms with Gasteiger partial charge >= 0.3 is 0 Å². The summed E-state index contributed by atoms with van der Waals surface area (Å²) in [4.78, 5) is 29.5. The van der Waals surface area contributed by atoms with Gasteiger partial charge in [-0.1, -0.05) is 37.8 Å². The molecule has 2 amide bonds. The molecule has 1 N–H and O–H groups in total. The number of aliphatic hydroxyl groups is 1. The average Bonchev–Trinajstić information content (AvgIpc) is 3.28. The van der Waals surface area contributed by atoms with E-state index in [1.54, 1.807) is 28.0 Å². The van der Waals surface area contributed by atoms with E-state index in [1.165, 1.54) is 0 Å². The monoisotopic (exact) mass is 460 g/mol. The molecule has 0 aromatic heterocycles. The van der Waals surface area contributed by atoms with Crippen LogP contribution in [-0.2, 0) is 4.79 Å². The molecule has 176 valence electrons. The summed E-state index contributed by atoms with van der Waals surface area (Å²) in [5, 5.41) is 10.0. The minimum atomic E-state index is -0.279. The van der Waals surface area contributed by atoms with E-state index in [1.807, 2.05) is 24.3 Å². The van der Waals surface area contributed by atoms with Crippen LogP contribution in [-0.4, -0.2) is 65.3 Å². The number of piperazine rings is 1. The van der Waals surface area contributed by atoms with Gasteiger partial charge in [0, 0.05) is 30.0 Å². The first-order valence-electron chi connectivity index (χ1n) is 11.7. The fourth-order valence-corrected chi connectivity index (χ4v) is 5.01. The summed E-state index contributed by atoms with van der Waals surface area (Å²) in [7, 11) is 0. The van der Waals surface area contributed by atoms with Gasteiger partial charge in [0.05, 0.1) is 18.7 Å². The Morgan fingerprint density at radius 2 is 1.91 bits per heavy atom. The number of carbonyl (C=O) groups excluding carboxylic acids is 2. The van der Waals surface area contributed by atoms with Crippen molar-refractivity contribution in [2.24, 2.45) is 5.92 Å². The molecule has 0 spiro atoms. The number of aliphatic hydroxyl groups excluding tert-OH is 1. The highest BCUT2D eigenvalue weighted by atomic mass is 16.7. The number of nitrogens with zero attached hydrogens (tertiary/aromatic N) is 2. The predicted octanol–water partition coefficient (Wildman–Crippen LogP) is 2.62. The third-order valence-corrected chi connectivity index (χ3v) is 6.70. The second-order valence-corrected chi connectivity index (χ2v) is 9.42. The molecular formula is C27H28N2O5. The van der Waals surface area contributed by atoms with Gasteiger partial charge < -0.3 is 24.4 Å². The first-order chi connectivity index (χ1) is 16.5. The molecule has 3 aliphatic rings. The zero-order valence-electron chi connectivity index (χ0n) is 19.4. The van der Waals surface area contributed by atoms with E-state index in [9.17, 15) is 14.7 Å². The van der Waals surface area contributed by atoms with E-state index < -0.39 is 0 Å². The topological polar surface area (TPSA) is 79.3 Å². The number of hydrogen-bond donors (Lipinski definition) is 1. The number of benzene rings is 2. The van der Waals surface area contributed by atoms with Crippen LogP contribution < -0.4 is 9.47 Å². The molecule has 0 radical (unpaired) electrons. The molecule has 34 heavy (non-hydrogen) atoms. The fraction of sp³-hybridized carbons (Fsp3) is 0.407. The van der Waals surface area contributed by atoms with E-state index in [-0.39, 0.29) is 49.8 Å². The number of amides is 2. The van der Waals surface area contributed by atoms with Gasteiger partial charge in [0.15, 0.2) is 11.5 Å². The quantitative estimate of drug-likeness (QED) is 0.710. The summed E-state index contributed by atoms with van der Waals surface area (Å²) in [5.41, 5.74) is 2.45. The Bertz CT molecular complexity index is 1160. The van der Waals surface area contributed by atoms with Gasteiger partial charge in [0.25, 0.3) is 5.91 Å². The third kappa shape index (κ3) is 3.99. The van der Waals surface area contributed by atoms with Crippen molar-refractivity contribution >= 4 is 11.8 Å². The van der Waals surface area contributed by atoms with Crippen LogP contribution >= 0.6 is 0 Å². The van der Waals surface area contributed by atoms with E-state index in [0.29, 0.717) is 29.5 Å². The highest BCUT2D eigenvalue weighted by Crippen LogP contribution is 2.43. The van der Waals surface area contributed by atoms with Gasteiger partial charge in [-0.25, -0.2) is 0 Å². The van der Waals surface area contributed by atoms with Crippen molar-refractivity contribution in [3.05, 3.63) is 59.2 Å². The maximum absolute atomic E-state index is 13.2. The van der Waals surface area contributed by atoms with Crippen LogP contribution in [0.25, 0.3) is 0 Å². The molecular weight excluding hydrogens is 432 g/mol. The standard InChI is InChI=1S/C27H28N2O5/c1-17(2)4-3-5-18-6-8-19(9-7-18)26-21-13-28(14-25(31)29(21)22(26)15-30)27(32)20-10-11-23-24(12-20)34-16-33-23/h6-12,17,21-22,26,30H,4,13-16H2,1-2H3/t21-,22+,26-/m0/s1. The molecule has 0 aliphatic carbocycles. The highest BCUT2D eigenvalue weighted by Gasteiger charge is 2.54. The van der Waals surface area contributed by atoms with Crippen molar-refractivity contribution in [3.8, 4) is 23.3 Å². The summed E-state index contributed by atoms with van der Waals surface area (Å²) in [6.07, 6.45) is 0.851. The Kier molecular flexibility index (Phi) is 5.93. The first-order valence-corrected chi connectivity index (χ1v) is 11.7. The summed E-state index contributed by atoms with van der Waals surface area (Å²) < 4.78 is 10.7. The molecule has 3 heterocycles. The molecule has 0 unspecified atom stereocenters. The summed E-state index contributed by atoms with van der Waals surface area (Å²) >= 11 is 0. The molecule has 3 atom stereocenters. The maximum atomic E-state index is 13.2. The minimum Gasteiger partial charge on any atom is -0.454 e. The molecule has 7 heteroatoms. The zero-order valence-corrected chi connectivity index (χ0v) is 19.4. The van der Waals surface area contributed by atoms with Gasteiger partial charge in [-0.2, -0.15) is 0 Å². The lowest BCUT2D eigenvalue weighted by Crippen LogP contribution is -2.73. The van der Waals surface area contributed by atoms with Crippen LogP contribution in [0.1, 0.15) is 47.7 Å². The Morgan fingerprint density at radius 1 is 1.15 bits per heavy atom. The van der Waals surface area contributed by atoms with Crippen LogP contribution in [0.5, 0.6) is 11.5 Å². The zero-order chi connectivity index (χ0) is 23.8. The lowest BCUT2D eigenvalue weighted by Gasteiger charge is -2.58. The van der Waals surface area contributed by atoms with Gasteiger partial charge in [0.1, 0.15) is 6.54 Å². The number of ether oxygens (including phenoxy) is 2. The third-order valence-electron chi connectivity index (χ3n) is 6.70. The first kappa shape index (κ1) is 22.3. The normalized spacial score (nSPS) is 22.7. The van der Waals surface area contributed by atoms with Crippen LogP contribution in [0.4, 0.5) is 0 Å². The maximum Gasteiger partial charge on any atom is 0.254 e. The minimum absolute atomic E-state index is 0.00261. The van der Waals surface area contributed by atoms with Crippen molar-refractivity contribution in [2.45, 2.75) is 38.3 Å². The predicted molar refractivity (Wildman–Crippen MR) is 125 cm³/mol. The van der Waals surface area contributed by atoms with Gasteiger partial charge in [0.2, 0.25) is 12.7 Å². The molecule has 5 rings (SSSR count). The Labute approximate surface area is 199 Å². The Balaban J connectivity index is 1.34. The Morgan fingerprint density at radius 3 is 2.65 bits per heavy atom. The van der Waals surface area contributed by atoms with E-state index in [0.717, 1.165) is 17.5 Å². The lowest BCUT2D eigenvalue weighted by atomic mass is 9.73. The van der Waals surface area contributed by atoms with Crippen LogP contribution in [0.2, 0.25) is 0 Å². The van der Waals surface area contributed by atoms with Crippen molar-refractivity contribution in [1.82, 2.24) is 9.80 Å². The van der Waals surface area contributed by atoms with Crippen molar-refractivity contribution < 1.29 is 24.2 Å². The van der Waals surface area contributed by atoms with Crippen LogP contribution in [0.3, 0.4) is 0 Å². The second-order valence-electron chi connectivity index (χ2n) is 9.42. The lowest BCUT2D eigenvalue weighted by molar-refractivity contribution is -0.159. The van der Waals surface area contributed by atoms with E-state index in [4.69, 9.17) is 9.47 Å². The van der Waals surface area contributed by atoms with Crippen LogP contribution in [0.15, 0.2) is 42.5 Å². The van der Waals surface area contributed by atoms with Crippen molar-refractivity contribution in [1.29, 1.82) is 0 Å². The van der Waals surface area contributed by atoms with Gasteiger partial charge in [-0.15, -0.1) is 0 Å². The molecule has 0 bridgehead atoms. The molecule has 2 aromatic carbocycles. The average molecular weight is 461 g/mol. The van der Waals surface area contributed by atoms with Gasteiger partial charge in [-0.05, 0) is 41.8 Å². The highest BCUT2D eigenvalue weighted by molar-refractivity contribution is 5.98. The molecule has 3 aliphatic heterocycles. The van der Waals surface area contributed by atoms with Crippen molar-refractivity contribution in [2.75, 3.05) is 26.5 Å². The number of rotatable bonds is 4. The Hall–Kier alpha value is -3.50. The van der Waals surface area contributed by atoms with E-state index in [2.05, 4.69) is 25.7 Å².